The van der Waals surface area contributed by atoms with Gasteiger partial charge in [-0.2, -0.15) is 13.2 Å². The number of benzene rings is 2. The Kier molecular flexibility index (Phi) is 5.15. The zero-order valence-corrected chi connectivity index (χ0v) is 20.0. The van der Waals surface area contributed by atoms with Crippen molar-refractivity contribution in [3.8, 4) is 28.5 Å². The normalized spacial score (nSPS) is 18.8. The van der Waals surface area contributed by atoms with Gasteiger partial charge < -0.3 is 18.6 Å². The minimum Gasteiger partial charge on any atom is -0.496 e. The highest BCUT2D eigenvalue weighted by atomic mass is 19.4. The third-order valence-corrected chi connectivity index (χ3v) is 7.01. The second-order valence-corrected chi connectivity index (χ2v) is 9.19. The molecule has 1 unspecified atom stereocenters. The number of halogens is 3. The molecule has 0 saturated heterocycles. The predicted octanol–water partition coefficient (Wildman–Crippen LogP) is 4.91. The van der Waals surface area contributed by atoms with Crippen LogP contribution in [-0.2, 0) is 16.8 Å². The smallest absolute Gasteiger partial charge is 0.406 e. The molecule has 0 N–H and O–H groups in total. The van der Waals surface area contributed by atoms with Gasteiger partial charge in [-0.1, -0.05) is 24.3 Å². The van der Waals surface area contributed by atoms with Crippen molar-refractivity contribution in [1.82, 2.24) is 19.7 Å². The van der Waals surface area contributed by atoms with Crippen molar-refractivity contribution in [1.29, 1.82) is 0 Å². The van der Waals surface area contributed by atoms with Crippen molar-refractivity contribution in [3.63, 3.8) is 0 Å². The highest BCUT2D eigenvalue weighted by Crippen LogP contribution is 2.51. The SMILES string of the molecule is COc1cc(-c2nnc3n2CCCC32C(=O)N(CC(F)(F)F)c3ccccc32)ccc1-c1cnc(C)o1. The highest BCUT2D eigenvalue weighted by Gasteiger charge is 2.57. The molecule has 4 aromatic rings. The lowest BCUT2D eigenvalue weighted by Gasteiger charge is -2.32. The zero-order chi connectivity index (χ0) is 25.9. The molecule has 4 heterocycles. The standard InChI is InChI=1S/C26H22F3N5O3/c1-15-30-13-21(37-15)17-9-8-16(12-20(17)36-2)22-31-32-23-25(10-5-11-33(22)23)18-6-3-4-7-19(18)34(24(25)35)14-26(27,28)29/h3-4,6-9,12-13H,5,10-11,14H2,1-2H3. The Morgan fingerprint density at radius 3 is 2.70 bits per heavy atom. The Hall–Kier alpha value is -4.15. The molecule has 1 amide bonds. The molecule has 2 aliphatic rings. The molecule has 6 rings (SSSR count). The Labute approximate surface area is 209 Å². The van der Waals surface area contributed by atoms with Crippen LogP contribution in [0.25, 0.3) is 22.7 Å². The van der Waals surface area contributed by atoms with E-state index in [9.17, 15) is 18.0 Å². The molecule has 0 fully saturated rings. The van der Waals surface area contributed by atoms with Crippen LogP contribution in [0.3, 0.4) is 0 Å². The molecule has 1 atom stereocenters. The van der Waals surface area contributed by atoms with Crippen LogP contribution >= 0.6 is 0 Å². The summed E-state index contributed by atoms with van der Waals surface area (Å²) in [5.74, 6) is 1.85. The van der Waals surface area contributed by atoms with E-state index in [1.54, 1.807) is 50.6 Å². The maximum atomic E-state index is 13.7. The molecule has 2 aromatic carbocycles. The first-order valence-corrected chi connectivity index (χ1v) is 11.8. The fraction of sp³-hybridized carbons (Fsp3) is 0.308. The summed E-state index contributed by atoms with van der Waals surface area (Å²) in [6.45, 7) is 0.922. The number of carbonyl (C=O) groups excluding carboxylic acids is 1. The van der Waals surface area contributed by atoms with E-state index < -0.39 is 24.0 Å². The number of aromatic nitrogens is 4. The fourth-order valence-corrected chi connectivity index (χ4v) is 5.50. The average molecular weight is 509 g/mol. The Morgan fingerprint density at radius 2 is 1.97 bits per heavy atom. The summed E-state index contributed by atoms with van der Waals surface area (Å²) in [6.07, 6.45) is -2.00. The maximum absolute atomic E-state index is 13.7. The van der Waals surface area contributed by atoms with Gasteiger partial charge in [-0.15, -0.1) is 10.2 Å². The van der Waals surface area contributed by atoms with E-state index in [2.05, 4.69) is 15.2 Å². The Bertz CT molecular complexity index is 1530. The summed E-state index contributed by atoms with van der Waals surface area (Å²) >= 11 is 0. The van der Waals surface area contributed by atoms with Crippen molar-refractivity contribution in [2.45, 2.75) is 37.9 Å². The third-order valence-electron chi connectivity index (χ3n) is 7.01. The second kappa shape index (κ2) is 8.19. The van der Waals surface area contributed by atoms with Gasteiger partial charge in [0.25, 0.3) is 0 Å². The van der Waals surface area contributed by atoms with E-state index in [0.717, 1.165) is 4.90 Å². The molecule has 2 aromatic heterocycles. The number of oxazole rings is 1. The van der Waals surface area contributed by atoms with Gasteiger partial charge in [0.05, 0.1) is 18.9 Å². The van der Waals surface area contributed by atoms with Crippen LogP contribution in [0.4, 0.5) is 18.9 Å². The number of fused-ring (bicyclic) bond motifs is 4. The van der Waals surface area contributed by atoms with Gasteiger partial charge in [0.15, 0.2) is 23.3 Å². The van der Waals surface area contributed by atoms with Crippen LogP contribution in [0.2, 0.25) is 0 Å². The van der Waals surface area contributed by atoms with Crippen LogP contribution in [0, 0.1) is 6.92 Å². The number of carbonyl (C=O) groups is 1. The predicted molar refractivity (Wildman–Crippen MR) is 127 cm³/mol. The molecular formula is C26H22F3N5O3. The summed E-state index contributed by atoms with van der Waals surface area (Å²) in [6, 6.07) is 12.1. The summed E-state index contributed by atoms with van der Waals surface area (Å²) in [5, 5.41) is 8.81. The highest BCUT2D eigenvalue weighted by molar-refractivity contribution is 6.10. The van der Waals surface area contributed by atoms with Crippen molar-refractivity contribution >= 4 is 11.6 Å². The monoisotopic (exact) mass is 509 g/mol. The average Bonchev–Trinajstić information content (AvgIpc) is 3.57. The van der Waals surface area contributed by atoms with Crippen LogP contribution < -0.4 is 9.64 Å². The molecule has 8 nitrogen and oxygen atoms in total. The lowest BCUT2D eigenvalue weighted by Crippen LogP contribution is -2.47. The summed E-state index contributed by atoms with van der Waals surface area (Å²) in [7, 11) is 1.55. The topological polar surface area (TPSA) is 86.3 Å². The number of rotatable bonds is 4. The quantitative estimate of drug-likeness (QED) is 0.389. The number of amides is 1. The van der Waals surface area contributed by atoms with Gasteiger partial charge in [0.2, 0.25) is 5.91 Å². The van der Waals surface area contributed by atoms with Gasteiger partial charge in [0.1, 0.15) is 17.7 Å². The number of methoxy groups -OCH3 is 1. The molecule has 0 aliphatic carbocycles. The molecule has 2 aliphatic heterocycles. The molecule has 11 heteroatoms. The number of para-hydroxylation sites is 1. The van der Waals surface area contributed by atoms with Gasteiger partial charge in [0, 0.05) is 24.7 Å². The van der Waals surface area contributed by atoms with Crippen molar-refractivity contribution < 1.29 is 27.1 Å². The molecule has 0 saturated carbocycles. The summed E-state index contributed by atoms with van der Waals surface area (Å²) in [5.41, 5.74) is 0.865. The van der Waals surface area contributed by atoms with Gasteiger partial charge in [-0.25, -0.2) is 4.98 Å². The number of hydrogen-bond donors (Lipinski definition) is 0. The number of anilines is 1. The van der Waals surface area contributed by atoms with Gasteiger partial charge in [-0.05, 0) is 36.6 Å². The van der Waals surface area contributed by atoms with Crippen LogP contribution in [0.5, 0.6) is 5.75 Å². The van der Waals surface area contributed by atoms with E-state index in [4.69, 9.17) is 9.15 Å². The van der Waals surface area contributed by atoms with Crippen LogP contribution in [-0.4, -0.2) is 45.5 Å². The minimum atomic E-state index is -4.54. The van der Waals surface area contributed by atoms with Gasteiger partial charge >= 0.3 is 6.18 Å². The van der Waals surface area contributed by atoms with Crippen LogP contribution in [0.1, 0.15) is 30.1 Å². The summed E-state index contributed by atoms with van der Waals surface area (Å²) < 4.78 is 53.4. The fourth-order valence-electron chi connectivity index (χ4n) is 5.50. The molecule has 0 radical (unpaired) electrons. The molecule has 37 heavy (non-hydrogen) atoms. The van der Waals surface area contributed by atoms with Gasteiger partial charge in [-0.3, -0.25) is 4.79 Å². The largest absolute Gasteiger partial charge is 0.496 e. The van der Waals surface area contributed by atoms with E-state index in [-0.39, 0.29) is 5.69 Å². The number of hydrogen-bond acceptors (Lipinski definition) is 6. The number of alkyl halides is 3. The number of nitrogens with zero attached hydrogens (tertiary/aromatic N) is 5. The minimum absolute atomic E-state index is 0.260. The Balaban J connectivity index is 1.46. The number of ether oxygens (including phenoxy) is 1. The lowest BCUT2D eigenvalue weighted by molar-refractivity contribution is -0.134. The summed E-state index contributed by atoms with van der Waals surface area (Å²) in [4.78, 5) is 18.7. The first-order chi connectivity index (χ1) is 17.7. The first kappa shape index (κ1) is 23.3. The lowest BCUT2D eigenvalue weighted by atomic mass is 9.75. The molecular weight excluding hydrogens is 487 g/mol. The van der Waals surface area contributed by atoms with Crippen molar-refractivity contribution in [2.24, 2.45) is 0 Å². The van der Waals surface area contributed by atoms with E-state index in [1.165, 1.54) is 0 Å². The zero-order valence-electron chi connectivity index (χ0n) is 20.0. The Morgan fingerprint density at radius 1 is 1.16 bits per heavy atom. The second-order valence-electron chi connectivity index (χ2n) is 9.19. The maximum Gasteiger partial charge on any atom is 0.406 e. The van der Waals surface area contributed by atoms with Crippen LogP contribution in [0.15, 0.2) is 53.1 Å². The van der Waals surface area contributed by atoms with E-state index in [0.29, 0.717) is 65.1 Å². The van der Waals surface area contributed by atoms with E-state index >= 15 is 0 Å². The van der Waals surface area contributed by atoms with E-state index in [1.807, 2.05) is 16.7 Å². The third kappa shape index (κ3) is 3.52. The van der Waals surface area contributed by atoms with Crippen molar-refractivity contribution in [2.75, 3.05) is 18.6 Å². The first-order valence-electron chi connectivity index (χ1n) is 11.8. The molecule has 190 valence electrons. The number of aryl methyl sites for hydroxylation is 1. The molecule has 1 spiro atoms. The van der Waals surface area contributed by atoms with Crippen molar-refractivity contribution in [3.05, 3.63) is 65.9 Å². The molecule has 0 bridgehead atoms.